The lowest BCUT2D eigenvalue weighted by Crippen LogP contribution is -2.38. The zero-order chi connectivity index (χ0) is 22.0. The molecule has 1 aliphatic carbocycles. The molecule has 1 saturated carbocycles. The number of ether oxygens (including phenoxy) is 1. The summed E-state index contributed by atoms with van der Waals surface area (Å²) < 4.78 is 10.3. The van der Waals surface area contributed by atoms with E-state index in [1.54, 1.807) is 6.33 Å². The van der Waals surface area contributed by atoms with Crippen LogP contribution in [-0.2, 0) is 11.5 Å². The quantitative estimate of drug-likeness (QED) is 0.454. The van der Waals surface area contributed by atoms with Crippen LogP contribution in [0, 0.1) is 17.2 Å². The van der Waals surface area contributed by atoms with Gasteiger partial charge in [0.05, 0.1) is 32.1 Å². The number of aromatic nitrogens is 5. The van der Waals surface area contributed by atoms with E-state index in [9.17, 15) is 0 Å². The fraction of sp³-hybridized carbons (Fsp3) is 0.565. The molecule has 1 aliphatic rings. The fourth-order valence-corrected chi connectivity index (χ4v) is 4.83. The second-order valence-corrected chi connectivity index (χ2v) is 15.3. The van der Waals surface area contributed by atoms with E-state index in [0.717, 1.165) is 41.6 Å². The molecule has 0 spiro atoms. The summed E-state index contributed by atoms with van der Waals surface area (Å²) in [4.78, 5) is 9.09. The predicted octanol–water partition coefficient (Wildman–Crippen LogP) is 5.18. The van der Waals surface area contributed by atoms with Crippen molar-refractivity contribution in [3.63, 3.8) is 0 Å². The van der Waals surface area contributed by atoms with Crippen LogP contribution < -0.4 is 0 Å². The first-order chi connectivity index (χ1) is 14.9. The Balaban J connectivity index is 1.51. The molecule has 3 aromatic rings. The minimum Gasteiger partial charge on any atom is -0.361 e. The number of nitriles is 1. The van der Waals surface area contributed by atoms with Crippen molar-refractivity contribution in [3.8, 4) is 17.3 Å². The van der Waals surface area contributed by atoms with Crippen LogP contribution in [0.15, 0.2) is 31.0 Å². The maximum absolute atomic E-state index is 8.84. The second kappa shape index (κ2) is 8.93. The molecule has 8 heteroatoms. The first kappa shape index (κ1) is 21.7. The zero-order valence-corrected chi connectivity index (χ0v) is 20.0. The van der Waals surface area contributed by atoms with Gasteiger partial charge in [0, 0.05) is 35.5 Å². The summed E-state index contributed by atoms with van der Waals surface area (Å²) in [6.45, 7) is 9.62. The number of hydrogen-bond donors (Lipinski definition) is 0. The Labute approximate surface area is 185 Å². The smallest absolute Gasteiger partial charge is 0.145 e. The number of hydrogen-bond acceptors (Lipinski definition) is 5. The third kappa shape index (κ3) is 4.73. The van der Waals surface area contributed by atoms with E-state index in [-0.39, 0.29) is 5.73 Å². The molecule has 0 saturated heterocycles. The van der Waals surface area contributed by atoms with Crippen molar-refractivity contribution < 1.29 is 4.74 Å². The van der Waals surface area contributed by atoms with Crippen LogP contribution in [0.3, 0.4) is 0 Å². The van der Waals surface area contributed by atoms with Crippen LogP contribution >= 0.6 is 0 Å². The van der Waals surface area contributed by atoms with Gasteiger partial charge in [-0.25, -0.2) is 9.97 Å². The van der Waals surface area contributed by atoms with Crippen molar-refractivity contribution in [3.05, 3.63) is 31.0 Å². The number of fused-ring (bicyclic) bond motifs is 1. The lowest BCUT2D eigenvalue weighted by Gasteiger charge is -2.25. The Kier molecular flexibility index (Phi) is 6.26. The molecule has 0 aliphatic heterocycles. The Morgan fingerprint density at radius 3 is 2.90 bits per heavy atom. The summed E-state index contributed by atoms with van der Waals surface area (Å²) in [7, 11) is -1.34. The lowest BCUT2D eigenvalue weighted by molar-refractivity contribution is 0.0589. The first-order valence-electron chi connectivity index (χ1n) is 11.2. The molecule has 0 amide bonds. The highest BCUT2D eigenvalue weighted by Gasteiger charge is 2.27. The molecule has 31 heavy (non-hydrogen) atoms. The van der Waals surface area contributed by atoms with Gasteiger partial charge in [0.15, 0.2) is 0 Å². The maximum Gasteiger partial charge on any atom is 0.145 e. The average molecular weight is 437 g/mol. The number of rotatable bonds is 8. The Morgan fingerprint density at radius 2 is 2.13 bits per heavy atom. The molecule has 3 unspecified atom stereocenters. The molecule has 7 nitrogen and oxygen atoms in total. The summed E-state index contributed by atoms with van der Waals surface area (Å²) >= 11 is 0. The molecule has 3 heterocycles. The summed E-state index contributed by atoms with van der Waals surface area (Å²) in [5.74, 6) is 0.635. The van der Waals surface area contributed by atoms with Crippen molar-refractivity contribution in [2.45, 2.75) is 77.2 Å². The van der Waals surface area contributed by atoms with Gasteiger partial charge in [-0.15, -0.1) is 0 Å². The third-order valence-electron chi connectivity index (χ3n) is 6.67. The normalized spacial score (nSPS) is 20.2. The highest BCUT2D eigenvalue weighted by Crippen LogP contribution is 2.37. The van der Waals surface area contributed by atoms with Crippen molar-refractivity contribution in [1.29, 1.82) is 5.26 Å². The summed E-state index contributed by atoms with van der Waals surface area (Å²) in [6, 6.07) is 4.75. The van der Waals surface area contributed by atoms with E-state index in [1.807, 2.05) is 12.4 Å². The second-order valence-electron chi connectivity index (χ2n) is 9.79. The summed E-state index contributed by atoms with van der Waals surface area (Å²) in [5, 5.41) is 14.5. The van der Waals surface area contributed by atoms with Crippen molar-refractivity contribution in [2.24, 2.45) is 5.92 Å². The minimum atomic E-state index is -1.34. The van der Waals surface area contributed by atoms with Gasteiger partial charge in [0.1, 0.15) is 18.7 Å². The Hall–Kier alpha value is -2.50. The van der Waals surface area contributed by atoms with Crippen molar-refractivity contribution in [1.82, 2.24) is 24.3 Å². The molecule has 164 valence electrons. The first-order valence-corrected chi connectivity index (χ1v) is 14.8. The van der Waals surface area contributed by atoms with Gasteiger partial charge in [-0.05, 0) is 44.6 Å². The van der Waals surface area contributed by atoms with Gasteiger partial charge in [-0.2, -0.15) is 10.4 Å². The van der Waals surface area contributed by atoms with Gasteiger partial charge in [0.2, 0.25) is 0 Å². The highest BCUT2D eigenvalue weighted by atomic mass is 28.3. The molecular formula is C23H32N6OSi. The van der Waals surface area contributed by atoms with Gasteiger partial charge in [0.25, 0.3) is 0 Å². The molecule has 0 aromatic carbocycles. The van der Waals surface area contributed by atoms with Crippen LogP contribution in [0.2, 0.25) is 19.6 Å². The molecule has 4 rings (SSSR count). The van der Waals surface area contributed by atoms with E-state index in [2.05, 4.69) is 69.2 Å². The van der Waals surface area contributed by atoms with Crippen LogP contribution in [0.4, 0.5) is 0 Å². The molecule has 0 N–H and O–H groups in total. The van der Waals surface area contributed by atoms with Gasteiger partial charge in [-0.3, -0.25) is 4.68 Å². The van der Waals surface area contributed by atoms with Crippen molar-refractivity contribution in [2.75, 3.05) is 0 Å². The zero-order valence-electron chi connectivity index (χ0n) is 19.0. The van der Waals surface area contributed by atoms with E-state index in [0.29, 0.717) is 25.1 Å². The maximum atomic E-state index is 8.84. The molecule has 3 aromatic heterocycles. The largest absolute Gasteiger partial charge is 0.361 e. The van der Waals surface area contributed by atoms with Gasteiger partial charge in [-0.1, -0.05) is 19.6 Å². The minimum absolute atomic E-state index is 0.271. The van der Waals surface area contributed by atoms with Crippen LogP contribution in [0.1, 0.15) is 45.1 Å². The van der Waals surface area contributed by atoms with Crippen LogP contribution in [0.5, 0.6) is 0 Å². The standard InChI is InChI=1S/C23H32N6OSi/c1-17(31(2,3)4)30-16-28-11-9-21-22(25-15-26-23(21)28)19-13-27-29(14-19)20-8-7-18(12-20)6-5-10-24/h9,11,13-15,17-18,20H,5-8,12,16H2,1-4H3. The van der Waals surface area contributed by atoms with E-state index >= 15 is 0 Å². The third-order valence-corrected chi connectivity index (χ3v) is 9.27. The average Bonchev–Trinajstić information content (AvgIpc) is 3.48. The highest BCUT2D eigenvalue weighted by molar-refractivity contribution is 6.77. The topological polar surface area (TPSA) is 81.5 Å². The van der Waals surface area contributed by atoms with E-state index in [4.69, 9.17) is 10.00 Å². The SMILES string of the molecule is CC(OCn1ccc2c(-c3cnn(C4CCC(CCC#N)C4)c3)ncnc21)[Si](C)(C)C. The summed E-state index contributed by atoms with van der Waals surface area (Å²) in [6.07, 6.45) is 12.7. The van der Waals surface area contributed by atoms with E-state index in [1.165, 1.54) is 6.42 Å². The van der Waals surface area contributed by atoms with E-state index < -0.39 is 8.07 Å². The van der Waals surface area contributed by atoms with Crippen LogP contribution in [-0.4, -0.2) is 38.1 Å². The molecule has 3 atom stereocenters. The molecular weight excluding hydrogens is 404 g/mol. The number of nitrogens with zero attached hydrogens (tertiary/aromatic N) is 6. The van der Waals surface area contributed by atoms with Crippen molar-refractivity contribution >= 4 is 19.1 Å². The summed E-state index contributed by atoms with van der Waals surface area (Å²) in [5.41, 5.74) is 3.08. The van der Waals surface area contributed by atoms with Gasteiger partial charge < -0.3 is 9.30 Å². The fourth-order valence-electron chi connectivity index (χ4n) is 4.26. The molecule has 1 fully saturated rings. The monoisotopic (exact) mass is 436 g/mol. The predicted molar refractivity (Wildman–Crippen MR) is 124 cm³/mol. The molecule has 0 bridgehead atoms. The molecule has 0 radical (unpaired) electrons. The Bertz CT molecular complexity index is 1080. The van der Waals surface area contributed by atoms with Gasteiger partial charge >= 0.3 is 0 Å². The lowest BCUT2D eigenvalue weighted by atomic mass is 10.0. The van der Waals surface area contributed by atoms with Crippen LogP contribution in [0.25, 0.3) is 22.3 Å². The Morgan fingerprint density at radius 1 is 1.29 bits per heavy atom.